The topological polar surface area (TPSA) is 26.3 Å². The van der Waals surface area contributed by atoms with Gasteiger partial charge in [0.2, 0.25) is 0 Å². The van der Waals surface area contributed by atoms with Crippen molar-refractivity contribution in [3.63, 3.8) is 0 Å². The molecule has 0 aliphatic heterocycles. The van der Waals surface area contributed by atoms with E-state index in [1.54, 1.807) is 19.1 Å². The maximum Gasteiger partial charge on any atom is 0.330 e. The van der Waals surface area contributed by atoms with Gasteiger partial charge in [0.1, 0.15) is 0 Å². The van der Waals surface area contributed by atoms with Gasteiger partial charge in [0.15, 0.2) is 0 Å². The second kappa shape index (κ2) is 9.52. The smallest absolute Gasteiger partial charge is 0.330 e. The minimum absolute atomic E-state index is 0.311. The van der Waals surface area contributed by atoms with Crippen LogP contribution in [-0.4, -0.2) is 12.6 Å². The Morgan fingerprint density at radius 2 is 1.64 bits per heavy atom. The van der Waals surface area contributed by atoms with Gasteiger partial charge < -0.3 is 4.74 Å². The molecule has 0 bridgehead atoms. The average Bonchev–Trinajstić information content (AvgIpc) is 2.17. The average molecular weight is 192 g/mol. The molecule has 2 nitrogen and oxygen atoms in total. The normalized spacial score (nSPS) is 12.4. The number of hydrogen-bond acceptors (Lipinski definition) is 2. The zero-order chi connectivity index (χ0) is 10.6. The number of carbonyl (C=O) groups excluding carboxylic acids is 1. The van der Waals surface area contributed by atoms with Crippen molar-refractivity contribution in [3.8, 4) is 0 Å². The van der Waals surface area contributed by atoms with Crippen LogP contribution in [0.25, 0.3) is 0 Å². The van der Waals surface area contributed by atoms with Crippen LogP contribution in [0.15, 0.2) is 48.6 Å². The molecule has 0 saturated carbocycles. The zero-order valence-corrected chi connectivity index (χ0v) is 8.64. The zero-order valence-electron chi connectivity index (χ0n) is 8.64. The van der Waals surface area contributed by atoms with Gasteiger partial charge in [-0.2, -0.15) is 0 Å². The summed E-state index contributed by atoms with van der Waals surface area (Å²) >= 11 is 0. The molecule has 0 heterocycles. The van der Waals surface area contributed by atoms with Crippen LogP contribution in [0.1, 0.15) is 13.8 Å². The van der Waals surface area contributed by atoms with E-state index in [0.29, 0.717) is 6.61 Å². The highest BCUT2D eigenvalue weighted by Crippen LogP contribution is 1.84. The van der Waals surface area contributed by atoms with Crippen molar-refractivity contribution in [3.05, 3.63) is 48.6 Å². The fraction of sp³-hybridized carbons (Fsp3) is 0.250. The molecule has 0 radical (unpaired) electrons. The van der Waals surface area contributed by atoms with Crippen molar-refractivity contribution in [1.82, 2.24) is 0 Å². The number of ether oxygens (including phenoxy) is 1. The number of hydrogen-bond donors (Lipinski definition) is 0. The van der Waals surface area contributed by atoms with Gasteiger partial charge in [0.05, 0.1) is 6.61 Å². The molecular formula is C12H16O2. The third-order valence-corrected chi connectivity index (χ3v) is 1.27. The van der Waals surface area contributed by atoms with Gasteiger partial charge in [-0.05, 0) is 13.8 Å². The Labute approximate surface area is 85.3 Å². The predicted octanol–water partition coefficient (Wildman–Crippen LogP) is 2.79. The molecule has 0 N–H and O–H groups in total. The lowest BCUT2D eigenvalue weighted by Crippen LogP contribution is -1.98. The summed E-state index contributed by atoms with van der Waals surface area (Å²) in [6, 6.07) is 0. The van der Waals surface area contributed by atoms with Gasteiger partial charge >= 0.3 is 5.97 Å². The fourth-order valence-corrected chi connectivity index (χ4v) is 0.692. The summed E-state index contributed by atoms with van der Waals surface area (Å²) in [5.74, 6) is -0.311. The molecule has 0 aliphatic rings. The molecule has 0 aromatic rings. The maximum absolute atomic E-state index is 10.8. The van der Waals surface area contributed by atoms with E-state index in [0.717, 1.165) is 0 Å². The lowest BCUT2D eigenvalue weighted by Gasteiger charge is -1.92. The van der Waals surface area contributed by atoms with Crippen molar-refractivity contribution in [2.75, 3.05) is 6.61 Å². The summed E-state index contributed by atoms with van der Waals surface area (Å²) in [4.78, 5) is 10.8. The Balaban J connectivity index is 3.75. The third kappa shape index (κ3) is 8.53. The van der Waals surface area contributed by atoms with Crippen molar-refractivity contribution in [2.24, 2.45) is 0 Å². The van der Waals surface area contributed by atoms with Gasteiger partial charge in [-0.15, -0.1) is 0 Å². The van der Waals surface area contributed by atoms with Crippen LogP contribution in [0.2, 0.25) is 0 Å². The van der Waals surface area contributed by atoms with E-state index < -0.39 is 0 Å². The van der Waals surface area contributed by atoms with Gasteiger partial charge in [0.25, 0.3) is 0 Å². The molecule has 0 spiro atoms. The standard InChI is InChI=1S/C12H16O2/c1-3-5-6-7-8-9-10-11-12(13)14-4-2/h3,5-11H,4H2,1-2H3. The van der Waals surface area contributed by atoms with Crippen LogP contribution in [0.4, 0.5) is 0 Å². The van der Waals surface area contributed by atoms with Gasteiger partial charge in [-0.1, -0.05) is 42.5 Å². The predicted molar refractivity (Wildman–Crippen MR) is 58.9 cm³/mol. The number of rotatable bonds is 5. The van der Waals surface area contributed by atoms with Gasteiger partial charge in [0, 0.05) is 6.08 Å². The van der Waals surface area contributed by atoms with E-state index in [9.17, 15) is 4.79 Å². The van der Waals surface area contributed by atoms with E-state index >= 15 is 0 Å². The van der Waals surface area contributed by atoms with E-state index in [2.05, 4.69) is 0 Å². The number of carbonyl (C=O) groups is 1. The van der Waals surface area contributed by atoms with E-state index in [4.69, 9.17) is 4.74 Å². The van der Waals surface area contributed by atoms with Crippen LogP contribution in [0.5, 0.6) is 0 Å². The monoisotopic (exact) mass is 192 g/mol. The molecule has 76 valence electrons. The quantitative estimate of drug-likeness (QED) is 0.380. The lowest BCUT2D eigenvalue weighted by molar-refractivity contribution is -0.137. The molecule has 0 atom stereocenters. The first kappa shape index (κ1) is 12.4. The molecular weight excluding hydrogens is 176 g/mol. The fourth-order valence-electron chi connectivity index (χ4n) is 0.692. The minimum Gasteiger partial charge on any atom is -0.463 e. The summed E-state index contributed by atoms with van der Waals surface area (Å²) in [6.07, 6.45) is 14.3. The van der Waals surface area contributed by atoms with Crippen molar-refractivity contribution in [2.45, 2.75) is 13.8 Å². The molecule has 0 amide bonds. The van der Waals surface area contributed by atoms with Crippen LogP contribution < -0.4 is 0 Å². The highest BCUT2D eigenvalue weighted by molar-refractivity contribution is 5.82. The van der Waals surface area contributed by atoms with E-state index in [1.807, 2.05) is 37.3 Å². The maximum atomic E-state index is 10.8. The summed E-state index contributed by atoms with van der Waals surface area (Å²) < 4.78 is 4.70. The molecule has 0 aliphatic carbocycles. The van der Waals surface area contributed by atoms with Crippen LogP contribution in [-0.2, 0) is 9.53 Å². The first-order valence-electron chi connectivity index (χ1n) is 4.60. The summed E-state index contributed by atoms with van der Waals surface area (Å²) in [5, 5.41) is 0. The Hall–Kier alpha value is -1.57. The highest BCUT2D eigenvalue weighted by Gasteiger charge is 1.89. The highest BCUT2D eigenvalue weighted by atomic mass is 16.5. The Kier molecular flexibility index (Phi) is 8.45. The Morgan fingerprint density at radius 1 is 1.07 bits per heavy atom. The minimum atomic E-state index is -0.311. The summed E-state index contributed by atoms with van der Waals surface area (Å²) in [7, 11) is 0. The number of esters is 1. The molecule has 0 fully saturated rings. The van der Waals surface area contributed by atoms with E-state index in [1.165, 1.54) is 6.08 Å². The van der Waals surface area contributed by atoms with Crippen molar-refractivity contribution >= 4 is 5.97 Å². The molecule has 0 aromatic carbocycles. The molecule has 0 saturated heterocycles. The molecule has 0 unspecified atom stereocenters. The van der Waals surface area contributed by atoms with E-state index in [-0.39, 0.29) is 5.97 Å². The van der Waals surface area contributed by atoms with Crippen LogP contribution >= 0.6 is 0 Å². The SMILES string of the molecule is CC=CC=CC=CC=CC(=O)OCC. The molecule has 14 heavy (non-hydrogen) atoms. The second-order valence-electron chi connectivity index (χ2n) is 2.41. The molecule has 0 aromatic heterocycles. The number of allylic oxidation sites excluding steroid dienone is 7. The van der Waals surface area contributed by atoms with Gasteiger partial charge in [-0.3, -0.25) is 0 Å². The van der Waals surface area contributed by atoms with Gasteiger partial charge in [-0.25, -0.2) is 4.79 Å². The van der Waals surface area contributed by atoms with Crippen LogP contribution in [0.3, 0.4) is 0 Å². The van der Waals surface area contributed by atoms with Crippen molar-refractivity contribution < 1.29 is 9.53 Å². The Morgan fingerprint density at radius 3 is 2.21 bits per heavy atom. The first-order chi connectivity index (χ1) is 6.81. The summed E-state index contributed by atoms with van der Waals surface area (Å²) in [5.41, 5.74) is 0. The second-order valence-corrected chi connectivity index (χ2v) is 2.41. The molecule has 0 rings (SSSR count). The molecule has 2 heteroatoms. The van der Waals surface area contributed by atoms with Crippen LogP contribution in [0, 0.1) is 0 Å². The third-order valence-electron chi connectivity index (χ3n) is 1.27. The largest absolute Gasteiger partial charge is 0.463 e. The van der Waals surface area contributed by atoms with Crippen molar-refractivity contribution in [1.29, 1.82) is 0 Å². The lowest BCUT2D eigenvalue weighted by atomic mass is 10.4. The first-order valence-corrected chi connectivity index (χ1v) is 4.60. The Bertz CT molecular complexity index is 257. The summed E-state index contributed by atoms with van der Waals surface area (Å²) in [6.45, 7) is 4.14.